The molecule has 1 aliphatic heterocycles. The Hall–Kier alpha value is -3.73. The molecule has 154 valence electrons. The maximum Gasteiger partial charge on any atom is 0.235 e. The number of ketones is 1. The standard InChI is InChI=1S/C26H22N2O3/c1-28-21-14-8-7-13-20(21)22(24(28)30)26(15-18-11-5-6-12-19(18)23(26)29)25(31)27-16-17-9-3-2-4-10-17/h2-14,22H,15-16H2,1H3,(H,27,31)/t22-,26-/m0/s1. The van der Waals surface area contributed by atoms with E-state index in [-0.39, 0.29) is 18.1 Å². The van der Waals surface area contributed by atoms with Crippen molar-refractivity contribution in [2.24, 2.45) is 5.41 Å². The zero-order valence-electron chi connectivity index (χ0n) is 17.2. The molecule has 0 saturated heterocycles. The van der Waals surface area contributed by atoms with Crippen LogP contribution in [0.2, 0.25) is 0 Å². The lowest BCUT2D eigenvalue weighted by Crippen LogP contribution is -2.51. The van der Waals surface area contributed by atoms with E-state index in [1.54, 1.807) is 24.1 Å². The number of rotatable bonds is 4. The molecule has 1 aliphatic carbocycles. The van der Waals surface area contributed by atoms with Gasteiger partial charge in [0, 0.05) is 24.8 Å². The lowest BCUT2D eigenvalue weighted by atomic mass is 9.68. The average Bonchev–Trinajstić information content (AvgIpc) is 3.25. The molecule has 5 rings (SSSR count). The second-order valence-corrected chi connectivity index (χ2v) is 8.19. The number of hydrogen-bond acceptors (Lipinski definition) is 3. The molecular formula is C26H22N2O3. The highest BCUT2D eigenvalue weighted by atomic mass is 16.2. The minimum absolute atomic E-state index is 0.210. The molecule has 0 aromatic heterocycles. The smallest absolute Gasteiger partial charge is 0.235 e. The highest BCUT2D eigenvalue weighted by Crippen LogP contribution is 2.53. The van der Waals surface area contributed by atoms with Gasteiger partial charge in [0.1, 0.15) is 5.41 Å². The first kappa shape index (κ1) is 19.2. The van der Waals surface area contributed by atoms with Gasteiger partial charge in [0.25, 0.3) is 0 Å². The topological polar surface area (TPSA) is 66.5 Å². The molecule has 1 N–H and O–H groups in total. The third-order valence-electron chi connectivity index (χ3n) is 6.52. The van der Waals surface area contributed by atoms with Crippen molar-refractivity contribution in [1.29, 1.82) is 0 Å². The summed E-state index contributed by atoms with van der Waals surface area (Å²) in [7, 11) is 1.70. The van der Waals surface area contributed by atoms with Crippen molar-refractivity contribution in [3.63, 3.8) is 0 Å². The third kappa shape index (κ3) is 2.81. The minimum Gasteiger partial charge on any atom is -0.351 e. The molecular weight excluding hydrogens is 388 g/mol. The number of hydrogen-bond donors (Lipinski definition) is 1. The summed E-state index contributed by atoms with van der Waals surface area (Å²) in [5.41, 5.74) is 2.24. The number of Topliss-reactive ketones (excluding diaryl/α,β-unsaturated/α-hetero) is 1. The summed E-state index contributed by atoms with van der Waals surface area (Å²) in [5.74, 6) is -1.76. The average molecular weight is 410 g/mol. The summed E-state index contributed by atoms with van der Waals surface area (Å²) < 4.78 is 0. The lowest BCUT2D eigenvalue weighted by Gasteiger charge is -2.31. The van der Waals surface area contributed by atoms with Crippen molar-refractivity contribution < 1.29 is 14.4 Å². The molecule has 0 fully saturated rings. The van der Waals surface area contributed by atoms with Gasteiger partial charge in [0.15, 0.2) is 5.78 Å². The van der Waals surface area contributed by atoms with E-state index >= 15 is 0 Å². The van der Waals surface area contributed by atoms with Crippen molar-refractivity contribution in [3.8, 4) is 0 Å². The zero-order chi connectivity index (χ0) is 21.6. The molecule has 3 aromatic rings. The van der Waals surface area contributed by atoms with Crippen LogP contribution in [0.25, 0.3) is 0 Å². The van der Waals surface area contributed by atoms with Gasteiger partial charge in [-0.15, -0.1) is 0 Å². The van der Waals surface area contributed by atoms with Gasteiger partial charge < -0.3 is 10.2 Å². The molecule has 0 radical (unpaired) electrons. The van der Waals surface area contributed by atoms with Gasteiger partial charge in [0.2, 0.25) is 11.8 Å². The second kappa shape index (κ2) is 7.20. The zero-order valence-corrected chi connectivity index (χ0v) is 17.2. The van der Waals surface area contributed by atoms with Crippen molar-refractivity contribution in [3.05, 3.63) is 101 Å². The summed E-state index contributed by atoms with van der Waals surface area (Å²) in [6, 6.07) is 24.2. The van der Waals surface area contributed by atoms with Crippen LogP contribution in [-0.2, 0) is 22.6 Å². The van der Waals surface area contributed by atoms with E-state index in [2.05, 4.69) is 5.32 Å². The summed E-state index contributed by atoms with van der Waals surface area (Å²) in [5, 5.41) is 2.96. The lowest BCUT2D eigenvalue weighted by molar-refractivity contribution is -0.134. The van der Waals surface area contributed by atoms with Crippen LogP contribution in [-0.4, -0.2) is 24.6 Å². The van der Waals surface area contributed by atoms with Crippen molar-refractivity contribution in [1.82, 2.24) is 5.32 Å². The molecule has 2 amide bonds. The Labute approximate surface area is 180 Å². The Kier molecular flexibility index (Phi) is 4.47. The molecule has 0 unspecified atom stereocenters. The molecule has 0 saturated carbocycles. The summed E-state index contributed by atoms with van der Waals surface area (Å²) in [6.45, 7) is 0.295. The van der Waals surface area contributed by atoms with E-state index in [1.165, 1.54) is 0 Å². The van der Waals surface area contributed by atoms with Crippen LogP contribution in [0.15, 0.2) is 78.9 Å². The number of nitrogens with one attached hydrogen (secondary N) is 1. The van der Waals surface area contributed by atoms with Crippen LogP contribution in [0.4, 0.5) is 5.69 Å². The number of anilines is 1. The van der Waals surface area contributed by atoms with Gasteiger partial charge in [-0.2, -0.15) is 0 Å². The van der Waals surface area contributed by atoms with Gasteiger partial charge in [-0.1, -0.05) is 72.8 Å². The van der Waals surface area contributed by atoms with E-state index in [0.717, 1.165) is 22.4 Å². The van der Waals surface area contributed by atoms with Gasteiger partial charge >= 0.3 is 0 Å². The fourth-order valence-corrected chi connectivity index (χ4v) is 4.96. The summed E-state index contributed by atoms with van der Waals surface area (Å²) in [4.78, 5) is 42.5. The van der Waals surface area contributed by atoms with Crippen molar-refractivity contribution >= 4 is 23.3 Å². The quantitative estimate of drug-likeness (QED) is 0.670. The Morgan fingerprint density at radius 1 is 0.968 bits per heavy atom. The number of carbonyl (C=O) groups is 3. The van der Waals surface area contributed by atoms with E-state index < -0.39 is 17.2 Å². The molecule has 3 aromatic carbocycles. The normalized spacial score (nSPS) is 21.7. The van der Waals surface area contributed by atoms with Crippen LogP contribution >= 0.6 is 0 Å². The predicted octanol–water partition coefficient (Wildman–Crippen LogP) is 3.49. The number of para-hydroxylation sites is 1. The first-order valence-corrected chi connectivity index (χ1v) is 10.4. The fraction of sp³-hybridized carbons (Fsp3) is 0.192. The van der Waals surface area contributed by atoms with E-state index in [1.807, 2.05) is 66.7 Å². The SMILES string of the molecule is CN1C(=O)[C@@H]([C@@]2(C(=O)NCc3ccccc3)Cc3ccccc3C2=O)c2ccccc21. The van der Waals surface area contributed by atoms with E-state index in [9.17, 15) is 14.4 Å². The Morgan fingerprint density at radius 3 is 2.42 bits per heavy atom. The number of carbonyl (C=O) groups excluding carboxylic acids is 3. The monoisotopic (exact) mass is 410 g/mol. The molecule has 5 heteroatoms. The van der Waals surface area contributed by atoms with Crippen molar-refractivity contribution in [2.45, 2.75) is 18.9 Å². The van der Waals surface area contributed by atoms with Gasteiger partial charge in [-0.05, 0) is 29.2 Å². The van der Waals surface area contributed by atoms with E-state index in [0.29, 0.717) is 12.1 Å². The molecule has 0 spiro atoms. The largest absolute Gasteiger partial charge is 0.351 e. The Balaban J connectivity index is 1.61. The third-order valence-corrected chi connectivity index (χ3v) is 6.52. The first-order valence-electron chi connectivity index (χ1n) is 10.4. The summed E-state index contributed by atoms with van der Waals surface area (Å²) >= 11 is 0. The molecule has 5 nitrogen and oxygen atoms in total. The van der Waals surface area contributed by atoms with Crippen LogP contribution in [0, 0.1) is 5.41 Å². The molecule has 31 heavy (non-hydrogen) atoms. The van der Waals surface area contributed by atoms with Gasteiger partial charge in [-0.25, -0.2) is 0 Å². The predicted molar refractivity (Wildman–Crippen MR) is 118 cm³/mol. The van der Waals surface area contributed by atoms with Gasteiger partial charge in [-0.3, -0.25) is 14.4 Å². The van der Waals surface area contributed by atoms with Crippen LogP contribution in [0.1, 0.15) is 33.0 Å². The number of amides is 2. The molecule has 2 aliphatic rings. The molecule has 1 heterocycles. The second-order valence-electron chi connectivity index (χ2n) is 8.19. The van der Waals surface area contributed by atoms with E-state index in [4.69, 9.17) is 0 Å². The number of benzene rings is 3. The van der Waals surface area contributed by atoms with Crippen LogP contribution in [0.5, 0.6) is 0 Å². The first-order chi connectivity index (χ1) is 15.0. The van der Waals surface area contributed by atoms with Gasteiger partial charge in [0.05, 0.1) is 5.92 Å². The highest BCUT2D eigenvalue weighted by molar-refractivity contribution is 6.23. The summed E-state index contributed by atoms with van der Waals surface area (Å²) in [6.07, 6.45) is 0.210. The number of nitrogens with zero attached hydrogens (tertiary/aromatic N) is 1. The molecule has 2 atom stereocenters. The fourth-order valence-electron chi connectivity index (χ4n) is 4.96. The Morgan fingerprint density at radius 2 is 1.65 bits per heavy atom. The Bertz CT molecular complexity index is 1200. The minimum atomic E-state index is -1.50. The maximum absolute atomic E-state index is 13.8. The molecule has 0 bridgehead atoms. The van der Waals surface area contributed by atoms with Crippen LogP contribution < -0.4 is 10.2 Å². The van der Waals surface area contributed by atoms with Crippen molar-refractivity contribution in [2.75, 3.05) is 11.9 Å². The number of likely N-dealkylation sites (N-methyl/N-ethyl adjacent to an activating group) is 1. The maximum atomic E-state index is 13.8. The highest BCUT2D eigenvalue weighted by Gasteiger charge is 2.61. The van der Waals surface area contributed by atoms with Crippen LogP contribution in [0.3, 0.4) is 0 Å². The number of fused-ring (bicyclic) bond motifs is 2.